The van der Waals surface area contributed by atoms with Gasteiger partial charge < -0.3 is 9.47 Å². The van der Waals surface area contributed by atoms with E-state index in [-0.39, 0.29) is 11.2 Å². The molecular weight excluding hydrogens is 380 g/mol. The molecule has 0 bridgehead atoms. The summed E-state index contributed by atoms with van der Waals surface area (Å²) in [6.07, 6.45) is 2.35. The predicted octanol–water partition coefficient (Wildman–Crippen LogP) is 4.34. The van der Waals surface area contributed by atoms with Gasteiger partial charge in [-0.1, -0.05) is 72.4 Å². The molecule has 0 saturated heterocycles. The third-order valence-corrected chi connectivity index (χ3v) is 6.21. The van der Waals surface area contributed by atoms with Gasteiger partial charge in [0.2, 0.25) is 5.91 Å². The maximum absolute atomic E-state index is 12.9. The quantitative estimate of drug-likeness (QED) is 0.522. The Kier molecular flexibility index (Phi) is 6.00. The third kappa shape index (κ3) is 4.88. The van der Waals surface area contributed by atoms with Crippen molar-refractivity contribution < 1.29 is 4.79 Å². The maximum atomic E-state index is 12.9. The minimum atomic E-state index is -0.227. The van der Waals surface area contributed by atoms with Gasteiger partial charge in [-0.05, 0) is 30.9 Å². The lowest BCUT2D eigenvalue weighted by Crippen LogP contribution is -2.33. The fourth-order valence-corrected chi connectivity index (χ4v) is 4.37. The van der Waals surface area contributed by atoms with Crippen molar-refractivity contribution in [3.63, 3.8) is 0 Å². The first-order valence-corrected chi connectivity index (χ1v) is 10.9. The summed E-state index contributed by atoms with van der Waals surface area (Å²) in [7, 11) is 1.86. The minimum Gasteiger partial charge on any atom is -0.340 e. The van der Waals surface area contributed by atoms with Gasteiger partial charge in [0.05, 0.1) is 11.8 Å². The summed E-state index contributed by atoms with van der Waals surface area (Å²) >= 11 is 1.50. The lowest BCUT2D eigenvalue weighted by molar-refractivity contribution is -0.129. The maximum Gasteiger partial charge on any atom is 0.235 e. The molecule has 29 heavy (non-hydrogen) atoms. The summed E-state index contributed by atoms with van der Waals surface area (Å²) in [4.78, 5) is 14.7. The Balaban J connectivity index is 1.47. The Labute approximate surface area is 176 Å². The Hall–Kier alpha value is -2.60. The average Bonchev–Trinajstić information content (AvgIpc) is 3.52. The molecule has 2 aromatic carbocycles. The van der Waals surface area contributed by atoms with Crippen LogP contribution in [0.1, 0.15) is 42.6 Å². The molecule has 0 N–H and O–H groups in total. The number of amides is 1. The topological polar surface area (TPSA) is 51.0 Å². The SMILES string of the molecule is CC(Sc1nnc(C2CC2)n1Cc1ccccc1)C(=O)N(C)Cc1ccccc1. The second-order valence-electron chi connectivity index (χ2n) is 7.63. The van der Waals surface area contributed by atoms with Crippen LogP contribution in [0.3, 0.4) is 0 Å². The van der Waals surface area contributed by atoms with Gasteiger partial charge in [0.15, 0.2) is 5.16 Å². The number of hydrogen-bond acceptors (Lipinski definition) is 4. The Morgan fingerprint density at radius 2 is 1.69 bits per heavy atom. The number of carbonyl (C=O) groups is 1. The molecule has 1 unspecified atom stereocenters. The van der Waals surface area contributed by atoms with Crippen molar-refractivity contribution >= 4 is 17.7 Å². The summed E-state index contributed by atoms with van der Waals surface area (Å²) in [6, 6.07) is 20.4. The number of carbonyl (C=O) groups excluding carboxylic acids is 1. The van der Waals surface area contributed by atoms with Crippen LogP contribution < -0.4 is 0 Å². The zero-order valence-electron chi connectivity index (χ0n) is 16.9. The second-order valence-corrected chi connectivity index (χ2v) is 8.93. The van der Waals surface area contributed by atoms with E-state index in [4.69, 9.17) is 0 Å². The highest BCUT2D eigenvalue weighted by Crippen LogP contribution is 2.40. The zero-order chi connectivity index (χ0) is 20.2. The molecule has 6 heteroatoms. The highest BCUT2D eigenvalue weighted by atomic mass is 32.2. The second kappa shape index (κ2) is 8.82. The van der Waals surface area contributed by atoms with Crippen molar-refractivity contribution in [2.45, 2.75) is 49.2 Å². The smallest absolute Gasteiger partial charge is 0.235 e. The van der Waals surface area contributed by atoms with Crippen LogP contribution in [0.25, 0.3) is 0 Å². The summed E-state index contributed by atoms with van der Waals surface area (Å²) in [6.45, 7) is 3.30. The summed E-state index contributed by atoms with van der Waals surface area (Å²) in [5, 5.41) is 9.51. The molecule has 4 rings (SSSR count). The Morgan fingerprint density at radius 3 is 2.31 bits per heavy atom. The summed E-state index contributed by atoms with van der Waals surface area (Å²) in [5.41, 5.74) is 2.35. The molecule has 1 amide bonds. The average molecular weight is 407 g/mol. The molecular formula is C23H26N4OS. The van der Waals surface area contributed by atoms with Crippen LogP contribution in [0.5, 0.6) is 0 Å². The van der Waals surface area contributed by atoms with E-state index in [1.54, 1.807) is 4.90 Å². The molecule has 1 atom stereocenters. The molecule has 1 aromatic heterocycles. The van der Waals surface area contributed by atoms with Crippen LogP contribution in [-0.4, -0.2) is 37.9 Å². The van der Waals surface area contributed by atoms with Crippen LogP contribution in [-0.2, 0) is 17.9 Å². The van der Waals surface area contributed by atoms with Gasteiger partial charge in [-0.25, -0.2) is 0 Å². The number of nitrogens with zero attached hydrogens (tertiary/aromatic N) is 4. The normalized spacial score (nSPS) is 14.6. The molecule has 1 aliphatic carbocycles. The number of rotatable bonds is 8. The molecule has 5 nitrogen and oxygen atoms in total. The van der Waals surface area contributed by atoms with Gasteiger partial charge in [-0.15, -0.1) is 10.2 Å². The standard InChI is InChI=1S/C23H26N4OS/c1-17(22(28)26(2)15-18-9-5-3-6-10-18)29-23-25-24-21(20-13-14-20)27(23)16-19-11-7-4-8-12-19/h3-12,17,20H,13-16H2,1-2H3. The minimum absolute atomic E-state index is 0.0982. The highest BCUT2D eigenvalue weighted by molar-refractivity contribution is 8.00. The van der Waals surface area contributed by atoms with Crippen molar-refractivity contribution in [1.29, 1.82) is 0 Å². The van der Waals surface area contributed by atoms with Crippen LogP contribution >= 0.6 is 11.8 Å². The van der Waals surface area contributed by atoms with E-state index in [9.17, 15) is 4.79 Å². The van der Waals surface area contributed by atoms with E-state index in [1.165, 1.54) is 30.2 Å². The van der Waals surface area contributed by atoms with E-state index in [1.807, 2.05) is 62.5 Å². The molecule has 0 spiro atoms. The Bertz CT molecular complexity index is 954. The molecule has 150 valence electrons. The first kappa shape index (κ1) is 19.7. The molecule has 1 fully saturated rings. The van der Waals surface area contributed by atoms with Crippen LogP contribution in [0.2, 0.25) is 0 Å². The van der Waals surface area contributed by atoms with Crippen LogP contribution in [0.15, 0.2) is 65.8 Å². The van der Waals surface area contributed by atoms with Gasteiger partial charge in [0.25, 0.3) is 0 Å². The van der Waals surface area contributed by atoms with E-state index in [0.717, 1.165) is 23.1 Å². The molecule has 1 heterocycles. The number of thioether (sulfide) groups is 1. The number of aromatic nitrogens is 3. The van der Waals surface area contributed by atoms with Crippen molar-refractivity contribution in [2.75, 3.05) is 7.05 Å². The van der Waals surface area contributed by atoms with Crippen molar-refractivity contribution in [3.8, 4) is 0 Å². The molecule has 1 saturated carbocycles. The van der Waals surface area contributed by atoms with Crippen molar-refractivity contribution in [2.24, 2.45) is 0 Å². The fraction of sp³-hybridized carbons (Fsp3) is 0.348. The van der Waals surface area contributed by atoms with Crippen LogP contribution in [0.4, 0.5) is 0 Å². The molecule has 0 radical (unpaired) electrons. The van der Waals surface area contributed by atoms with Gasteiger partial charge in [0, 0.05) is 19.5 Å². The Morgan fingerprint density at radius 1 is 1.07 bits per heavy atom. The number of benzene rings is 2. The summed E-state index contributed by atoms with van der Waals surface area (Å²) in [5.74, 6) is 1.65. The molecule has 3 aromatic rings. The van der Waals surface area contributed by atoms with Crippen LogP contribution in [0, 0.1) is 0 Å². The van der Waals surface area contributed by atoms with E-state index in [2.05, 4.69) is 26.9 Å². The lowest BCUT2D eigenvalue weighted by atomic mass is 10.2. The van der Waals surface area contributed by atoms with E-state index < -0.39 is 0 Å². The fourth-order valence-electron chi connectivity index (χ4n) is 3.40. The highest BCUT2D eigenvalue weighted by Gasteiger charge is 2.31. The van der Waals surface area contributed by atoms with Crippen molar-refractivity contribution in [3.05, 3.63) is 77.6 Å². The van der Waals surface area contributed by atoms with E-state index in [0.29, 0.717) is 12.5 Å². The largest absolute Gasteiger partial charge is 0.340 e. The van der Waals surface area contributed by atoms with Gasteiger partial charge in [-0.2, -0.15) is 0 Å². The first-order chi connectivity index (χ1) is 14.1. The number of hydrogen-bond donors (Lipinski definition) is 0. The third-order valence-electron chi connectivity index (χ3n) is 5.14. The summed E-state index contributed by atoms with van der Waals surface area (Å²) < 4.78 is 2.19. The predicted molar refractivity (Wildman–Crippen MR) is 116 cm³/mol. The van der Waals surface area contributed by atoms with Crippen molar-refractivity contribution in [1.82, 2.24) is 19.7 Å². The van der Waals surface area contributed by atoms with Gasteiger partial charge in [-0.3, -0.25) is 4.79 Å². The van der Waals surface area contributed by atoms with Gasteiger partial charge >= 0.3 is 0 Å². The monoisotopic (exact) mass is 406 g/mol. The lowest BCUT2D eigenvalue weighted by Gasteiger charge is -2.21. The van der Waals surface area contributed by atoms with E-state index >= 15 is 0 Å². The van der Waals surface area contributed by atoms with Gasteiger partial charge in [0.1, 0.15) is 5.82 Å². The molecule has 1 aliphatic rings. The first-order valence-electron chi connectivity index (χ1n) is 10.0. The zero-order valence-corrected chi connectivity index (χ0v) is 17.7. The molecule has 0 aliphatic heterocycles.